The van der Waals surface area contributed by atoms with Gasteiger partial charge in [-0.15, -0.1) is 0 Å². The second-order valence-electron chi connectivity index (χ2n) is 6.89. The lowest BCUT2D eigenvalue weighted by molar-refractivity contribution is -0.0504. The van der Waals surface area contributed by atoms with Crippen molar-refractivity contribution in [3.63, 3.8) is 0 Å². The topological polar surface area (TPSA) is 53.4 Å². The Morgan fingerprint density at radius 2 is 1.88 bits per heavy atom. The van der Waals surface area contributed by atoms with E-state index in [2.05, 4.69) is 4.98 Å². The van der Waals surface area contributed by atoms with Crippen LogP contribution in [0.2, 0.25) is 0 Å². The first kappa shape index (κ1) is 16.1. The van der Waals surface area contributed by atoms with Gasteiger partial charge in [0.2, 0.25) is 5.95 Å². The van der Waals surface area contributed by atoms with Gasteiger partial charge in [-0.1, -0.05) is 12.1 Å². The number of aliphatic hydroxyl groups is 1. The van der Waals surface area contributed by atoms with Crippen LogP contribution in [-0.4, -0.2) is 33.0 Å². The summed E-state index contributed by atoms with van der Waals surface area (Å²) in [5, 5.41) is 11.0. The minimum absolute atomic E-state index is 0.185. The van der Waals surface area contributed by atoms with Gasteiger partial charge in [-0.05, 0) is 37.1 Å². The predicted molar refractivity (Wildman–Crippen MR) is 86.7 cm³/mol. The van der Waals surface area contributed by atoms with Crippen molar-refractivity contribution in [3.05, 3.63) is 65.5 Å². The van der Waals surface area contributed by atoms with Crippen LogP contribution in [0.5, 0.6) is 0 Å². The number of pyridine rings is 1. The van der Waals surface area contributed by atoms with E-state index in [9.17, 15) is 18.7 Å². The summed E-state index contributed by atoms with van der Waals surface area (Å²) in [6, 6.07) is 8.38. The van der Waals surface area contributed by atoms with Crippen LogP contribution < -0.4 is 0 Å². The number of fused-ring (bicyclic) bond motifs is 2. The van der Waals surface area contributed by atoms with Gasteiger partial charge in [0.1, 0.15) is 5.82 Å². The van der Waals surface area contributed by atoms with Gasteiger partial charge in [0, 0.05) is 42.2 Å². The van der Waals surface area contributed by atoms with Crippen LogP contribution in [0.25, 0.3) is 0 Å². The highest BCUT2D eigenvalue weighted by molar-refractivity contribution is 5.95. The summed E-state index contributed by atoms with van der Waals surface area (Å²) in [7, 11) is 0. The third kappa shape index (κ3) is 2.70. The predicted octanol–water partition coefficient (Wildman–Crippen LogP) is 3.01. The van der Waals surface area contributed by atoms with Crippen LogP contribution in [0.4, 0.5) is 8.78 Å². The Balaban J connectivity index is 1.62. The SMILES string of the molecule is O=C(c1cccc(F)c1)N1C2CCC1CC(O)(c1cccnc1F)C2. The first-order valence-corrected chi connectivity index (χ1v) is 8.39. The van der Waals surface area contributed by atoms with Crippen molar-refractivity contribution in [2.24, 2.45) is 0 Å². The van der Waals surface area contributed by atoms with Crippen LogP contribution in [-0.2, 0) is 5.60 Å². The van der Waals surface area contributed by atoms with Crippen molar-refractivity contribution in [3.8, 4) is 0 Å². The van der Waals surface area contributed by atoms with E-state index in [1.807, 2.05) is 0 Å². The molecule has 2 aliphatic heterocycles. The molecule has 2 saturated heterocycles. The molecule has 4 nitrogen and oxygen atoms in total. The van der Waals surface area contributed by atoms with Crippen molar-refractivity contribution in [1.82, 2.24) is 9.88 Å². The number of rotatable bonds is 2. The number of amides is 1. The number of aromatic nitrogens is 1. The summed E-state index contributed by atoms with van der Waals surface area (Å²) < 4.78 is 27.5. The fraction of sp³-hybridized carbons (Fsp3) is 0.368. The molecule has 1 amide bonds. The van der Waals surface area contributed by atoms with E-state index in [-0.39, 0.29) is 36.4 Å². The fourth-order valence-corrected chi connectivity index (χ4v) is 4.28. The number of hydrogen-bond acceptors (Lipinski definition) is 3. The molecule has 130 valence electrons. The Bertz CT molecular complexity index is 813. The highest BCUT2D eigenvalue weighted by atomic mass is 19.1. The Hall–Kier alpha value is -2.34. The summed E-state index contributed by atoms with van der Waals surface area (Å²) in [5.74, 6) is -1.36. The zero-order valence-corrected chi connectivity index (χ0v) is 13.5. The molecule has 2 aliphatic rings. The average Bonchev–Trinajstić information content (AvgIpc) is 2.87. The molecule has 2 bridgehead atoms. The lowest BCUT2D eigenvalue weighted by atomic mass is 9.80. The molecule has 1 N–H and O–H groups in total. The van der Waals surface area contributed by atoms with Gasteiger partial charge in [0.05, 0.1) is 5.60 Å². The highest BCUT2D eigenvalue weighted by Gasteiger charge is 2.51. The number of nitrogens with zero attached hydrogens (tertiary/aromatic N) is 2. The molecule has 3 heterocycles. The summed E-state index contributed by atoms with van der Waals surface area (Å²) in [4.78, 5) is 18.2. The zero-order chi connectivity index (χ0) is 17.6. The maximum absolute atomic E-state index is 14.1. The van der Waals surface area contributed by atoms with Crippen LogP contribution in [0, 0.1) is 11.8 Å². The van der Waals surface area contributed by atoms with Gasteiger partial charge < -0.3 is 10.0 Å². The molecular weight excluding hydrogens is 326 g/mol. The van der Waals surface area contributed by atoms with Gasteiger partial charge in [0.15, 0.2) is 0 Å². The minimum Gasteiger partial charge on any atom is -0.385 e. The molecule has 1 aromatic carbocycles. The molecule has 2 atom stereocenters. The number of benzene rings is 1. The third-order valence-corrected chi connectivity index (χ3v) is 5.33. The smallest absolute Gasteiger partial charge is 0.254 e. The zero-order valence-electron chi connectivity index (χ0n) is 13.5. The number of hydrogen-bond donors (Lipinski definition) is 1. The number of halogens is 2. The molecule has 2 unspecified atom stereocenters. The van der Waals surface area contributed by atoms with Crippen molar-refractivity contribution in [2.45, 2.75) is 43.4 Å². The standard InChI is InChI=1S/C19H18F2N2O2/c20-13-4-1-3-12(9-13)18(24)23-14-6-7-15(23)11-19(25,10-14)16-5-2-8-22-17(16)21/h1-5,8-9,14-15,25H,6-7,10-11H2. The summed E-state index contributed by atoms with van der Waals surface area (Å²) in [6.45, 7) is 0. The molecule has 2 aromatic rings. The van der Waals surface area contributed by atoms with Gasteiger partial charge in [-0.25, -0.2) is 9.37 Å². The molecule has 1 aromatic heterocycles. The van der Waals surface area contributed by atoms with Crippen molar-refractivity contribution >= 4 is 5.91 Å². The van der Waals surface area contributed by atoms with Gasteiger partial charge in [-0.2, -0.15) is 4.39 Å². The van der Waals surface area contributed by atoms with Crippen LogP contribution in [0.15, 0.2) is 42.6 Å². The van der Waals surface area contributed by atoms with Gasteiger partial charge in [-0.3, -0.25) is 4.79 Å². The normalized spacial score (nSPS) is 28.2. The Labute approximate surface area is 144 Å². The van der Waals surface area contributed by atoms with Crippen molar-refractivity contribution in [1.29, 1.82) is 0 Å². The van der Waals surface area contributed by atoms with E-state index in [1.54, 1.807) is 23.1 Å². The number of piperidine rings is 1. The molecule has 4 rings (SSSR count). The Morgan fingerprint density at radius 1 is 1.16 bits per heavy atom. The van der Waals surface area contributed by atoms with E-state index in [4.69, 9.17) is 0 Å². The molecule has 6 heteroatoms. The average molecular weight is 344 g/mol. The summed E-state index contributed by atoms with van der Waals surface area (Å²) in [6.07, 6.45) is 3.35. The maximum atomic E-state index is 14.1. The summed E-state index contributed by atoms with van der Waals surface area (Å²) >= 11 is 0. The van der Waals surface area contributed by atoms with E-state index in [0.717, 1.165) is 12.8 Å². The fourth-order valence-electron chi connectivity index (χ4n) is 4.28. The Morgan fingerprint density at radius 3 is 2.52 bits per heavy atom. The molecule has 2 fully saturated rings. The van der Waals surface area contributed by atoms with Gasteiger partial charge in [0.25, 0.3) is 5.91 Å². The molecule has 0 radical (unpaired) electrons. The Kier molecular flexibility index (Phi) is 3.80. The molecule has 0 saturated carbocycles. The highest BCUT2D eigenvalue weighted by Crippen LogP contribution is 2.46. The summed E-state index contributed by atoms with van der Waals surface area (Å²) in [5.41, 5.74) is -0.845. The first-order valence-electron chi connectivity index (χ1n) is 8.39. The monoisotopic (exact) mass is 344 g/mol. The number of carbonyl (C=O) groups is 1. The van der Waals surface area contributed by atoms with Crippen LogP contribution in [0.3, 0.4) is 0 Å². The largest absolute Gasteiger partial charge is 0.385 e. The maximum Gasteiger partial charge on any atom is 0.254 e. The van der Waals surface area contributed by atoms with E-state index >= 15 is 0 Å². The molecule has 0 spiro atoms. The second kappa shape index (κ2) is 5.88. The van der Waals surface area contributed by atoms with E-state index < -0.39 is 17.4 Å². The van der Waals surface area contributed by atoms with Crippen molar-refractivity contribution in [2.75, 3.05) is 0 Å². The van der Waals surface area contributed by atoms with Crippen LogP contribution >= 0.6 is 0 Å². The molecule has 0 aliphatic carbocycles. The lowest BCUT2D eigenvalue weighted by Gasteiger charge is -2.44. The molecular formula is C19H18F2N2O2. The minimum atomic E-state index is -1.33. The second-order valence-corrected chi connectivity index (χ2v) is 6.89. The van der Waals surface area contributed by atoms with E-state index in [0.29, 0.717) is 5.56 Å². The van der Waals surface area contributed by atoms with Gasteiger partial charge >= 0.3 is 0 Å². The van der Waals surface area contributed by atoms with Crippen molar-refractivity contribution < 1.29 is 18.7 Å². The first-order chi connectivity index (χ1) is 12.0. The van der Waals surface area contributed by atoms with E-state index in [1.165, 1.54) is 24.4 Å². The van der Waals surface area contributed by atoms with Crippen LogP contribution in [0.1, 0.15) is 41.6 Å². The molecule has 25 heavy (non-hydrogen) atoms. The number of carbonyl (C=O) groups excluding carboxylic acids is 1. The quantitative estimate of drug-likeness (QED) is 0.852. The lowest BCUT2D eigenvalue weighted by Crippen LogP contribution is -2.52. The third-order valence-electron chi connectivity index (χ3n) is 5.33.